The van der Waals surface area contributed by atoms with Gasteiger partial charge in [-0.25, -0.2) is 8.82 Å². The van der Waals surface area contributed by atoms with Crippen molar-refractivity contribution in [3.63, 3.8) is 0 Å². The summed E-state index contributed by atoms with van der Waals surface area (Å²) < 4.78 is 5.75. The summed E-state index contributed by atoms with van der Waals surface area (Å²) in [6.07, 6.45) is 9.43. The van der Waals surface area contributed by atoms with Crippen molar-refractivity contribution in [2.75, 3.05) is 27.2 Å². The molecule has 1 aliphatic heterocycles. The highest BCUT2D eigenvalue weighted by molar-refractivity contribution is 8.75. The van der Waals surface area contributed by atoms with Gasteiger partial charge in [-0.15, -0.1) is 0 Å². The molecular weight excluding hydrogens is 418 g/mol. The van der Waals surface area contributed by atoms with E-state index in [1.54, 1.807) is 39.4 Å². The van der Waals surface area contributed by atoms with Crippen LogP contribution in [-0.2, 0) is 4.79 Å². The van der Waals surface area contributed by atoms with E-state index in [0.717, 1.165) is 40.9 Å². The Morgan fingerprint density at radius 1 is 1.27 bits per heavy atom. The van der Waals surface area contributed by atoms with Crippen molar-refractivity contribution in [2.45, 2.75) is 30.7 Å². The number of rotatable bonds is 5. The van der Waals surface area contributed by atoms with Crippen LogP contribution in [0.1, 0.15) is 31.4 Å². The first-order valence-corrected chi connectivity index (χ1v) is 11.8. The quantitative estimate of drug-likeness (QED) is 0.443. The van der Waals surface area contributed by atoms with Crippen LogP contribution in [0.25, 0.3) is 16.6 Å². The molecule has 8 nitrogen and oxygen atoms in total. The third-order valence-corrected chi connectivity index (χ3v) is 7.64. The highest BCUT2D eigenvalue weighted by Gasteiger charge is 2.24. The summed E-state index contributed by atoms with van der Waals surface area (Å²) in [5.41, 5.74) is 3.35. The van der Waals surface area contributed by atoms with Crippen molar-refractivity contribution in [2.24, 2.45) is 0 Å². The van der Waals surface area contributed by atoms with E-state index in [0.29, 0.717) is 12.1 Å². The van der Waals surface area contributed by atoms with Gasteiger partial charge in [0.15, 0.2) is 0 Å². The molecule has 0 unspecified atom stereocenters. The maximum absolute atomic E-state index is 11.8. The van der Waals surface area contributed by atoms with Crippen molar-refractivity contribution in [3.05, 3.63) is 36.4 Å². The van der Waals surface area contributed by atoms with E-state index in [4.69, 9.17) is 0 Å². The largest absolute Gasteiger partial charge is 0.341 e. The molecule has 4 heterocycles. The molecule has 1 saturated heterocycles. The fraction of sp³-hybridized carbons (Fsp3) is 0.400. The molecule has 0 radical (unpaired) electrons. The lowest BCUT2D eigenvalue weighted by molar-refractivity contribution is -0.130. The Labute approximate surface area is 183 Å². The standard InChI is InChI=1S/C20H23N7OS2/c1-14(28)25-6-4-5-18(13-25)26-12-17(10-22-26)15-7-19(29-30-24(2)3)20-16(8-21)9-23-27(20)11-15/h7,9-12,18H,4-6,13H2,1-3H3/t18-/m0/s1. The highest BCUT2D eigenvalue weighted by Crippen LogP contribution is 2.38. The summed E-state index contributed by atoms with van der Waals surface area (Å²) in [7, 11) is 7.17. The summed E-state index contributed by atoms with van der Waals surface area (Å²) in [5.74, 6) is 0.115. The zero-order chi connectivity index (χ0) is 21.3. The SMILES string of the molecule is CC(=O)N1CCC[C@H](n2cc(-c3cc(SSN(C)C)c4c(C#N)cnn4c3)cn2)C1. The molecule has 0 aromatic carbocycles. The number of nitriles is 1. The van der Waals surface area contributed by atoms with Crippen molar-refractivity contribution >= 4 is 33.2 Å². The maximum atomic E-state index is 11.8. The van der Waals surface area contributed by atoms with Gasteiger partial charge < -0.3 is 4.90 Å². The lowest BCUT2D eigenvalue weighted by Gasteiger charge is -2.32. The van der Waals surface area contributed by atoms with Crippen molar-refractivity contribution in [1.29, 1.82) is 5.26 Å². The van der Waals surface area contributed by atoms with Crippen LogP contribution in [-0.4, -0.2) is 61.7 Å². The number of piperidine rings is 1. The molecule has 1 amide bonds. The average Bonchev–Trinajstić information content (AvgIpc) is 3.39. The summed E-state index contributed by atoms with van der Waals surface area (Å²) >= 11 is 0. The van der Waals surface area contributed by atoms with Gasteiger partial charge >= 0.3 is 0 Å². The minimum absolute atomic E-state index is 0.115. The molecule has 1 atom stereocenters. The fourth-order valence-corrected chi connectivity index (χ4v) is 5.40. The first-order chi connectivity index (χ1) is 14.5. The van der Waals surface area contributed by atoms with Gasteiger partial charge in [0.1, 0.15) is 6.07 Å². The third kappa shape index (κ3) is 4.19. The molecule has 0 aliphatic carbocycles. The van der Waals surface area contributed by atoms with E-state index in [1.807, 2.05) is 46.6 Å². The van der Waals surface area contributed by atoms with Crippen LogP contribution in [0.2, 0.25) is 0 Å². The number of carbonyl (C=O) groups is 1. The molecular formula is C20H23N7OS2. The topological polar surface area (TPSA) is 82.5 Å². The molecule has 30 heavy (non-hydrogen) atoms. The third-order valence-electron chi connectivity index (χ3n) is 5.12. The van der Waals surface area contributed by atoms with Gasteiger partial charge in [-0.2, -0.15) is 15.5 Å². The first kappa shape index (κ1) is 20.8. The smallest absolute Gasteiger partial charge is 0.219 e. The molecule has 3 aromatic heterocycles. The molecule has 1 aliphatic rings. The van der Waals surface area contributed by atoms with Crippen LogP contribution in [0, 0.1) is 11.3 Å². The van der Waals surface area contributed by atoms with Crippen LogP contribution in [0.5, 0.6) is 0 Å². The Balaban J connectivity index is 1.67. The fourth-order valence-electron chi connectivity index (χ4n) is 3.65. The lowest BCUT2D eigenvalue weighted by atomic mass is 10.1. The predicted octanol–water partition coefficient (Wildman–Crippen LogP) is 3.47. The summed E-state index contributed by atoms with van der Waals surface area (Å²) in [5, 5.41) is 18.4. The van der Waals surface area contributed by atoms with Crippen LogP contribution in [0.15, 0.2) is 35.7 Å². The number of amides is 1. The van der Waals surface area contributed by atoms with Crippen LogP contribution in [0.3, 0.4) is 0 Å². The number of aromatic nitrogens is 4. The van der Waals surface area contributed by atoms with Crippen molar-refractivity contribution in [3.8, 4) is 17.2 Å². The monoisotopic (exact) mass is 441 g/mol. The number of nitrogens with zero attached hydrogens (tertiary/aromatic N) is 7. The zero-order valence-electron chi connectivity index (χ0n) is 17.1. The predicted molar refractivity (Wildman–Crippen MR) is 119 cm³/mol. The minimum atomic E-state index is 0.115. The molecule has 0 bridgehead atoms. The lowest BCUT2D eigenvalue weighted by Crippen LogP contribution is -2.39. The van der Waals surface area contributed by atoms with Gasteiger partial charge in [0, 0.05) is 48.4 Å². The summed E-state index contributed by atoms with van der Waals surface area (Å²) in [6.45, 7) is 3.14. The van der Waals surface area contributed by atoms with Crippen LogP contribution >= 0.6 is 21.8 Å². The Morgan fingerprint density at radius 2 is 2.10 bits per heavy atom. The van der Waals surface area contributed by atoms with E-state index in [2.05, 4.69) is 22.3 Å². The number of hydrogen-bond donors (Lipinski definition) is 0. The highest BCUT2D eigenvalue weighted by atomic mass is 33.1. The molecule has 4 rings (SSSR count). The van der Waals surface area contributed by atoms with Gasteiger partial charge in [0.05, 0.1) is 29.5 Å². The van der Waals surface area contributed by atoms with Crippen molar-refractivity contribution in [1.82, 2.24) is 28.6 Å². The first-order valence-electron chi connectivity index (χ1n) is 9.69. The Kier molecular flexibility index (Phi) is 6.04. The van der Waals surface area contributed by atoms with Gasteiger partial charge in [-0.1, -0.05) is 0 Å². The van der Waals surface area contributed by atoms with Crippen LogP contribution in [0.4, 0.5) is 0 Å². The van der Waals surface area contributed by atoms with E-state index >= 15 is 0 Å². The molecule has 0 N–H and O–H groups in total. The Morgan fingerprint density at radius 3 is 2.83 bits per heavy atom. The van der Waals surface area contributed by atoms with E-state index < -0.39 is 0 Å². The number of carbonyl (C=O) groups excluding carboxylic acids is 1. The Hall–Kier alpha value is -2.48. The Bertz CT molecular complexity index is 1110. The van der Waals surface area contributed by atoms with E-state index in [-0.39, 0.29) is 11.9 Å². The molecule has 0 spiro atoms. The molecule has 1 fully saturated rings. The van der Waals surface area contributed by atoms with Gasteiger partial charge in [0.2, 0.25) is 5.91 Å². The normalized spacial score (nSPS) is 16.9. The number of pyridine rings is 1. The second kappa shape index (κ2) is 8.71. The van der Waals surface area contributed by atoms with E-state index in [1.165, 1.54) is 0 Å². The van der Waals surface area contributed by atoms with Gasteiger partial charge in [-0.05, 0) is 54.8 Å². The number of fused-ring (bicyclic) bond motifs is 1. The van der Waals surface area contributed by atoms with E-state index in [9.17, 15) is 10.1 Å². The summed E-state index contributed by atoms with van der Waals surface area (Å²) in [4.78, 5) is 14.6. The molecule has 10 heteroatoms. The molecule has 0 saturated carbocycles. The van der Waals surface area contributed by atoms with Gasteiger partial charge in [0.25, 0.3) is 0 Å². The number of likely N-dealkylation sites (tertiary alicyclic amines) is 1. The summed E-state index contributed by atoms with van der Waals surface area (Å²) in [6, 6.07) is 4.50. The van der Waals surface area contributed by atoms with Crippen LogP contribution < -0.4 is 0 Å². The van der Waals surface area contributed by atoms with Gasteiger partial charge in [-0.3, -0.25) is 9.48 Å². The zero-order valence-corrected chi connectivity index (χ0v) is 18.8. The molecule has 3 aromatic rings. The van der Waals surface area contributed by atoms with Crippen molar-refractivity contribution < 1.29 is 4.79 Å². The second-order valence-corrected chi connectivity index (χ2v) is 9.93. The average molecular weight is 442 g/mol. The number of hydrogen-bond acceptors (Lipinski definition) is 7. The molecule has 156 valence electrons. The minimum Gasteiger partial charge on any atom is -0.341 e. The maximum Gasteiger partial charge on any atom is 0.219 e. The second-order valence-electron chi connectivity index (χ2n) is 7.50.